The van der Waals surface area contributed by atoms with Crippen LogP contribution in [0.1, 0.15) is 5.56 Å². The number of halogens is 3. The van der Waals surface area contributed by atoms with E-state index in [0.29, 0.717) is 28.8 Å². The van der Waals surface area contributed by atoms with E-state index in [1.807, 2.05) is 0 Å². The van der Waals surface area contributed by atoms with Gasteiger partial charge in [0.25, 0.3) is 6.01 Å². The fourth-order valence-corrected chi connectivity index (χ4v) is 5.80. The number of imidazole rings is 1. The molecule has 3 saturated heterocycles. The first-order valence-corrected chi connectivity index (χ1v) is 14.5. The second-order valence-corrected chi connectivity index (χ2v) is 11.2. The first-order valence-electron chi connectivity index (χ1n) is 14.1. The van der Waals surface area contributed by atoms with Crippen LogP contribution < -0.4 is 10.1 Å². The highest BCUT2D eigenvalue weighted by atomic mass is 35.5. The predicted molar refractivity (Wildman–Crippen MR) is 151 cm³/mol. The summed E-state index contributed by atoms with van der Waals surface area (Å²) in [6.45, 7) is 4.94. The standard InChI is InChI=1S/C28H30ClF2N7O5/c29-18-9-21-27(36-28(34-21)43-23-14-42-24-22(39)13-41-25(23)24)35-26(18)32-11-17-19(30)7-15(8-20(17)31)16-10-33-38(12-16)2-1-37-3-5-40-6-4-37/h7-10,12,22-25,39H,1-6,11,13-14H2,(H2,32,34,35,36)/t22-,23-,24-,25-/m1/s1. The molecule has 0 aliphatic carbocycles. The quantitative estimate of drug-likeness (QED) is 0.258. The van der Waals surface area contributed by atoms with E-state index in [1.165, 1.54) is 12.1 Å². The second kappa shape index (κ2) is 11.9. The van der Waals surface area contributed by atoms with E-state index in [0.717, 1.165) is 32.8 Å². The third-order valence-electron chi connectivity index (χ3n) is 7.94. The van der Waals surface area contributed by atoms with Crippen LogP contribution in [0.3, 0.4) is 0 Å². The lowest BCUT2D eigenvalue weighted by molar-refractivity contribution is 0.00706. The van der Waals surface area contributed by atoms with Crippen LogP contribution in [-0.4, -0.2) is 105 Å². The van der Waals surface area contributed by atoms with Crippen molar-refractivity contribution in [2.45, 2.75) is 37.5 Å². The highest BCUT2D eigenvalue weighted by Crippen LogP contribution is 2.31. The number of nitrogens with one attached hydrogen (secondary N) is 2. The number of rotatable bonds is 9. The van der Waals surface area contributed by atoms with Gasteiger partial charge in [0, 0.05) is 43.5 Å². The van der Waals surface area contributed by atoms with Gasteiger partial charge in [-0.1, -0.05) is 11.6 Å². The Labute approximate surface area is 249 Å². The normalized spacial score (nSPS) is 24.1. The van der Waals surface area contributed by atoms with Crippen LogP contribution in [0.4, 0.5) is 14.6 Å². The van der Waals surface area contributed by atoms with Gasteiger partial charge in [0.2, 0.25) is 0 Å². The maximum atomic E-state index is 15.1. The van der Waals surface area contributed by atoms with Gasteiger partial charge in [-0.15, -0.1) is 0 Å². The molecular formula is C28H30ClF2N7O5. The highest BCUT2D eigenvalue weighted by Gasteiger charge is 2.48. The summed E-state index contributed by atoms with van der Waals surface area (Å²) in [6, 6.07) is 4.38. The summed E-state index contributed by atoms with van der Waals surface area (Å²) in [6.07, 6.45) is 1.42. The summed E-state index contributed by atoms with van der Waals surface area (Å²) in [5, 5.41) is 17.4. The number of aromatic nitrogens is 5. The van der Waals surface area contributed by atoms with E-state index in [-0.39, 0.29) is 42.2 Å². The van der Waals surface area contributed by atoms with Crippen molar-refractivity contribution in [2.24, 2.45) is 0 Å². The Kier molecular flexibility index (Phi) is 7.88. The molecule has 0 amide bonds. The zero-order valence-electron chi connectivity index (χ0n) is 23.0. The Morgan fingerprint density at radius 1 is 1.05 bits per heavy atom. The summed E-state index contributed by atoms with van der Waals surface area (Å²) in [5.74, 6) is -1.19. The third kappa shape index (κ3) is 5.90. The molecule has 3 aromatic heterocycles. The first-order chi connectivity index (χ1) is 20.9. The van der Waals surface area contributed by atoms with Gasteiger partial charge < -0.3 is 34.4 Å². The number of fused-ring (bicyclic) bond motifs is 2. The molecular weight excluding hydrogens is 588 g/mol. The van der Waals surface area contributed by atoms with Crippen molar-refractivity contribution in [2.75, 3.05) is 51.4 Å². The largest absolute Gasteiger partial charge is 0.456 e. The number of aromatic amines is 1. The number of benzene rings is 1. The van der Waals surface area contributed by atoms with Crippen molar-refractivity contribution in [3.05, 3.63) is 52.8 Å². The summed E-state index contributed by atoms with van der Waals surface area (Å²) in [5.41, 5.74) is 1.69. The minimum Gasteiger partial charge on any atom is -0.456 e. The van der Waals surface area contributed by atoms with E-state index >= 15 is 8.78 Å². The Morgan fingerprint density at radius 2 is 1.84 bits per heavy atom. The van der Waals surface area contributed by atoms with Crippen LogP contribution in [0, 0.1) is 11.6 Å². The molecule has 0 bridgehead atoms. The topological polar surface area (TPSA) is 132 Å². The van der Waals surface area contributed by atoms with Gasteiger partial charge in [-0.25, -0.2) is 13.8 Å². The van der Waals surface area contributed by atoms with Crippen LogP contribution >= 0.6 is 11.6 Å². The van der Waals surface area contributed by atoms with Crippen LogP contribution in [0.25, 0.3) is 22.3 Å². The molecule has 43 heavy (non-hydrogen) atoms. The first kappa shape index (κ1) is 28.4. The summed E-state index contributed by atoms with van der Waals surface area (Å²) in [7, 11) is 0. The monoisotopic (exact) mass is 617 g/mol. The van der Waals surface area contributed by atoms with E-state index in [2.05, 4.69) is 30.3 Å². The molecule has 3 fully saturated rings. The number of ether oxygens (including phenoxy) is 4. The third-order valence-corrected chi connectivity index (χ3v) is 8.23. The van der Waals surface area contributed by atoms with Crippen LogP contribution in [0.5, 0.6) is 6.01 Å². The van der Waals surface area contributed by atoms with Crippen LogP contribution in [-0.2, 0) is 27.3 Å². The number of pyridine rings is 1. The van der Waals surface area contributed by atoms with E-state index in [4.69, 9.17) is 30.5 Å². The lowest BCUT2D eigenvalue weighted by atomic mass is 10.1. The van der Waals surface area contributed by atoms with E-state index < -0.39 is 36.1 Å². The molecule has 6 heterocycles. The average molecular weight is 618 g/mol. The molecule has 3 N–H and O–H groups in total. The number of morpholine rings is 1. The summed E-state index contributed by atoms with van der Waals surface area (Å²) < 4.78 is 54.5. The number of nitrogens with zero attached hydrogens (tertiary/aromatic N) is 5. The lowest BCUT2D eigenvalue weighted by Crippen LogP contribution is -2.38. The summed E-state index contributed by atoms with van der Waals surface area (Å²) in [4.78, 5) is 14.1. The van der Waals surface area contributed by atoms with E-state index in [9.17, 15) is 5.11 Å². The number of hydrogen-bond donors (Lipinski definition) is 3. The smallest absolute Gasteiger partial charge is 0.296 e. The number of hydrogen-bond acceptors (Lipinski definition) is 10. The Bertz CT molecular complexity index is 1590. The molecule has 228 valence electrons. The fraction of sp³-hybridized carbons (Fsp3) is 0.464. The van der Waals surface area contributed by atoms with Crippen LogP contribution in [0.15, 0.2) is 30.6 Å². The number of aliphatic hydroxyl groups is 1. The molecule has 0 spiro atoms. The van der Waals surface area contributed by atoms with Gasteiger partial charge in [-0.05, 0) is 23.8 Å². The molecule has 4 atom stereocenters. The van der Waals surface area contributed by atoms with E-state index in [1.54, 1.807) is 23.1 Å². The molecule has 15 heteroatoms. The van der Waals surface area contributed by atoms with Crippen LogP contribution in [0.2, 0.25) is 5.02 Å². The minimum atomic E-state index is -0.701. The van der Waals surface area contributed by atoms with Crippen molar-refractivity contribution in [3.8, 4) is 17.1 Å². The van der Waals surface area contributed by atoms with Crippen molar-refractivity contribution in [3.63, 3.8) is 0 Å². The molecule has 7 rings (SSSR count). The van der Waals surface area contributed by atoms with Crippen molar-refractivity contribution in [1.29, 1.82) is 0 Å². The zero-order chi connectivity index (χ0) is 29.5. The molecule has 0 radical (unpaired) electrons. The lowest BCUT2D eigenvalue weighted by Gasteiger charge is -2.26. The van der Waals surface area contributed by atoms with Crippen molar-refractivity contribution < 1.29 is 32.8 Å². The fourth-order valence-electron chi connectivity index (χ4n) is 5.58. The van der Waals surface area contributed by atoms with Gasteiger partial charge in [0.1, 0.15) is 35.8 Å². The average Bonchev–Trinajstić information content (AvgIpc) is 3.79. The molecule has 3 aliphatic heterocycles. The second-order valence-electron chi connectivity index (χ2n) is 10.8. The Hall–Kier alpha value is -3.40. The maximum Gasteiger partial charge on any atom is 0.296 e. The Morgan fingerprint density at radius 3 is 2.65 bits per heavy atom. The van der Waals surface area contributed by atoms with Gasteiger partial charge >= 0.3 is 0 Å². The molecule has 0 unspecified atom stereocenters. The van der Waals surface area contributed by atoms with Gasteiger partial charge in [0.15, 0.2) is 11.8 Å². The molecule has 4 aromatic rings. The minimum absolute atomic E-state index is 0.151. The van der Waals surface area contributed by atoms with Gasteiger partial charge in [-0.3, -0.25) is 9.58 Å². The number of anilines is 1. The van der Waals surface area contributed by atoms with Crippen molar-refractivity contribution in [1.82, 2.24) is 29.6 Å². The number of H-pyrrole nitrogens is 1. The zero-order valence-corrected chi connectivity index (χ0v) is 23.8. The Balaban J connectivity index is 1.00. The molecule has 3 aliphatic rings. The van der Waals surface area contributed by atoms with Gasteiger partial charge in [0.05, 0.1) is 49.7 Å². The summed E-state index contributed by atoms with van der Waals surface area (Å²) >= 11 is 6.41. The SMILES string of the molecule is O[C@@H]1CO[C@H]2[C@@H]1OC[C@H]2Oc1nc2nc(NCc3c(F)cc(-c4cnn(CCN5CCOCC5)c4)cc3F)c(Cl)cc2[nH]1. The van der Waals surface area contributed by atoms with Crippen molar-refractivity contribution >= 4 is 28.6 Å². The highest BCUT2D eigenvalue weighted by molar-refractivity contribution is 6.33. The number of aliphatic hydroxyl groups excluding tert-OH is 1. The maximum absolute atomic E-state index is 15.1. The molecule has 1 aromatic carbocycles. The molecule has 0 saturated carbocycles. The predicted octanol–water partition coefficient (Wildman–Crippen LogP) is 2.60. The molecule has 12 nitrogen and oxygen atoms in total. The van der Waals surface area contributed by atoms with Gasteiger partial charge in [-0.2, -0.15) is 10.1 Å².